The van der Waals surface area contributed by atoms with Gasteiger partial charge in [-0.2, -0.15) is 0 Å². The minimum atomic E-state index is 0.394. The second kappa shape index (κ2) is 4.01. The minimum Gasteiger partial charge on any atom is -0.360 e. The first-order valence-electron chi connectivity index (χ1n) is 4.01. The average Bonchev–Trinajstić information content (AvgIpc) is 2.17. The van der Waals surface area contributed by atoms with Gasteiger partial charge in [-0.3, -0.25) is 0 Å². The third-order valence-electron chi connectivity index (χ3n) is 1.74. The van der Waals surface area contributed by atoms with E-state index >= 15 is 0 Å². The van der Waals surface area contributed by atoms with E-state index in [1.165, 1.54) is 0 Å². The molecule has 4 heteroatoms. The summed E-state index contributed by atoms with van der Waals surface area (Å²) in [6.07, 6.45) is 1.73. The van der Waals surface area contributed by atoms with Gasteiger partial charge < -0.3 is 10.6 Å². The zero-order valence-electron chi connectivity index (χ0n) is 7.49. The molecule has 0 aliphatic rings. The first-order chi connectivity index (χ1) is 5.77. The van der Waals surface area contributed by atoms with Gasteiger partial charge in [0.1, 0.15) is 11.6 Å². The number of nitrogens with two attached hydrogens (primary N) is 1. The van der Waals surface area contributed by atoms with E-state index in [4.69, 9.17) is 5.73 Å². The van der Waals surface area contributed by atoms with Crippen LogP contribution in [0.2, 0.25) is 0 Å². The van der Waals surface area contributed by atoms with Crippen LogP contribution in [0.1, 0.15) is 12.7 Å². The monoisotopic (exact) mass is 166 g/mol. The average molecular weight is 166 g/mol. The van der Waals surface area contributed by atoms with Crippen molar-refractivity contribution in [2.45, 2.75) is 13.5 Å². The Morgan fingerprint density at radius 3 is 2.92 bits per heavy atom. The van der Waals surface area contributed by atoms with Gasteiger partial charge >= 0.3 is 0 Å². The van der Waals surface area contributed by atoms with Crippen LogP contribution in [0.25, 0.3) is 0 Å². The molecule has 0 saturated carbocycles. The van der Waals surface area contributed by atoms with Crippen LogP contribution < -0.4 is 10.6 Å². The zero-order valence-corrected chi connectivity index (χ0v) is 7.49. The first kappa shape index (κ1) is 8.93. The van der Waals surface area contributed by atoms with E-state index in [2.05, 4.69) is 16.9 Å². The van der Waals surface area contributed by atoms with E-state index < -0.39 is 0 Å². The van der Waals surface area contributed by atoms with Crippen molar-refractivity contribution in [2.75, 3.05) is 18.5 Å². The van der Waals surface area contributed by atoms with Crippen molar-refractivity contribution < 1.29 is 0 Å². The van der Waals surface area contributed by atoms with Gasteiger partial charge in [-0.1, -0.05) is 0 Å². The smallest absolute Gasteiger partial charge is 0.144 e. The van der Waals surface area contributed by atoms with Crippen LogP contribution in [0.3, 0.4) is 0 Å². The number of hydrogen-bond acceptors (Lipinski definition) is 4. The molecule has 0 saturated heterocycles. The van der Waals surface area contributed by atoms with E-state index in [0.29, 0.717) is 12.4 Å². The number of aromatic nitrogens is 2. The number of nitrogens with zero attached hydrogens (tertiary/aromatic N) is 3. The van der Waals surface area contributed by atoms with Crippen molar-refractivity contribution in [3.63, 3.8) is 0 Å². The number of rotatable bonds is 3. The summed E-state index contributed by atoms with van der Waals surface area (Å²) in [4.78, 5) is 10.3. The molecule has 0 amide bonds. The van der Waals surface area contributed by atoms with E-state index in [0.717, 1.165) is 12.4 Å². The Kier molecular flexibility index (Phi) is 2.99. The standard InChI is InChI=1S/C8H14N4/c1-3-12(2)8-4-5-10-7(6-9)11-8/h4-5H,3,6,9H2,1-2H3. The second-order valence-corrected chi connectivity index (χ2v) is 2.55. The molecule has 0 bridgehead atoms. The third-order valence-corrected chi connectivity index (χ3v) is 1.74. The van der Waals surface area contributed by atoms with Gasteiger partial charge in [0, 0.05) is 19.8 Å². The molecule has 4 nitrogen and oxygen atoms in total. The van der Waals surface area contributed by atoms with E-state index in [1.54, 1.807) is 6.20 Å². The minimum absolute atomic E-state index is 0.394. The Labute approximate surface area is 72.4 Å². The molecular weight excluding hydrogens is 152 g/mol. The van der Waals surface area contributed by atoms with Crippen LogP contribution in [0.5, 0.6) is 0 Å². The molecule has 1 aromatic rings. The summed E-state index contributed by atoms with van der Waals surface area (Å²) in [5.41, 5.74) is 5.42. The molecule has 66 valence electrons. The maximum atomic E-state index is 5.42. The highest BCUT2D eigenvalue weighted by Gasteiger charge is 2.00. The topological polar surface area (TPSA) is 55.0 Å². The van der Waals surface area contributed by atoms with Gasteiger partial charge in [0.05, 0.1) is 6.54 Å². The fraction of sp³-hybridized carbons (Fsp3) is 0.500. The van der Waals surface area contributed by atoms with Crippen LogP contribution in [0, 0.1) is 0 Å². The highest BCUT2D eigenvalue weighted by molar-refractivity contribution is 5.35. The van der Waals surface area contributed by atoms with Crippen molar-refractivity contribution in [1.29, 1.82) is 0 Å². The normalized spacial score (nSPS) is 9.92. The van der Waals surface area contributed by atoms with Gasteiger partial charge in [-0.05, 0) is 13.0 Å². The molecule has 1 heterocycles. The molecule has 0 aliphatic heterocycles. The van der Waals surface area contributed by atoms with Crippen molar-refractivity contribution in [2.24, 2.45) is 5.73 Å². The summed E-state index contributed by atoms with van der Waals surface area (Å²) in [6, 6.07) is 1.88. The molecule has 0 spiro atoms. The van der Waals surface area contributed by atoms with Gasteiger partial charge in [-0.25, -0.2) is 9.97 Å². The predicted molar refractivity (Wildman–Crippen MR) is 48.9 cm³/mol. The van der Waals surface area contributed by atoms with Gasteiger partial charge in [-0.15, -0.1) is 0 Å². The van der Waals surface area contributed by atoms with Crippen molar-refractivity contribution in [3.05, 3.63) is 18.1 Å². The van der Waals surface area contributed by atoms with Crippen molar-refractivity contribution in [1.82, 2.24) is 9.97 Å². The molecule has 0 aliphatic carbocycles. The fourth-order valence-corrected chi connectivity index (χ4v) is 0.861. The number of anilines is 1. The summed E-state index contributed by atoms with van der Waals surface area (Å²) in [5.74, 6) is 1.61. The van der Waals surface area contributed by atoms with E-state index in [-0.39, 0.29) is 0 Å². The fourth-order valence-electron chi connectivity index (χ4n) is 0.861. The van der Waals surface area contributed by atoms with Crippen LogP contribution >= 0.6 is 0 Å². The number of hydrogen-bond donors (Lipinski definition) is 1. The largest absolute Gasteiger partial charge is 0.360 e. The predicted octanol–water partition coefficient (Wildman–Crippen LogP) is 0.391. The third kappa shape index (κ3) is 1.92. The van der Waals surface area contributed by atoms with Gasteiger partial charge in [0.2, 0.25) is 0 Å². The molecule has 0 aromatic carbocycles. The summed E-state index contributed by atoms with van der Waals surface area (Å²) >= 11 is 0. The van der Waals surface area contributed by atoms with Gasteiger partial charge in [0.15, 0.2) is 0 Å². The Bertz CT molecular complexity index is 249. The summed E-state index contributed by atoms with van der Waals surface area (Å²) < 4.78 is 0. The lowest BCUT2D eigenvalue weighted by Crippen LogP contribution is -2.18. The maximum absolute atomic E-state index is 5.42. The Balaban J connectivity index is 2.86. The maximum Gasteiger partial charge on any atom is 0.144 e. The Morgan fingerprint density at radius 2 is 2.33 bits per heavy atom. The molecular formula is C8H14N4. The Hall–Kier alpha value is -1.16. The highest BCUT2D eigenvalue weighted by Crippen LogP contribution is 2.06. The lowest BCUT2D eigenvalue weighted by Gasteiger charge is -2.15. The van der Waals surface area contributed by atoms with E-state index in [9.17, 15) is 0 Å². The highest BCUT2D eigenvalue weighted by atomic mass is 15.2. The molecule has 1 rings (SSSR count). The molecule has 0 atom stereocenters. The molecule has 2 N–H and O–H groups in total. The second-order valence-electron chi connectivity index (χ2n) is 2.55. The molecule has 0 radical (unpaired) electrons. The lowest BCUT2D eigenvalue weighted by atomic mass is 10.5. The van der Waals surface area contributed by atoms with Crippen LogP contribution in [0.4, 0.5) is 5.82 Å². The van der Waals surface area contributed by atoms with E-state index in [1.807, 2.05) is 18.0 Å². The summed E-state index contributed by atoms with van der Waals surface area (Å²) in [5, 5.41) is 0. The van der Waals surface area contributed by atoms with Crippen molar-refractivity contribution >= 4 is 5.82 Å². The summed E-state index contributed by atoms with van der Waals surface area (Å²) in [6.45, 7) is 3.40. The van der Waals surface area contributed by atoms with Crippen LogP contribution in [-0.4, -0.2) is 23.6 Å². The van der Waals surface area contributed by atoms with Gasteiger partial charge in [0.25, 0.3) is 0 Å². The lowest BCUT2D eigenvalue weighted by molar-refractivity contribution is 0.866. The first-order valence-corrected chi connectivity index (χ1v) is 4.01. The zero-order chi connectivity index (χ0) is 8.97. The molecule has 1 aromatic heterocycles. The molecule has 0 fully saturated rings. The molecule has 0 unspecified atom stereocenters. The van der Waals surface area contributed by atoms with Crippen LogP contribution in [-0.2, 0) is 6.54 Å². The SMILES string of the molecule is CCN(C)c1ccnc(CN)n1. The van der Waals surface area contributed by atoms with Crippen molar-refractivity contribution in [3.8, 4) is 0 Å². The molecule has 12 heavy (non-hydrogen) atoms. The quantitative estimate of drug-likeness (QED) is 0.705. The Morgan fingerprint density at radius 1 is 1.58 bits per heavy atom. The van der Waals surface area contributed by atoms with Crippen LogP contribution in [0.15, 0.2) is 12.3 Å². The summed E-state index contributed by atoms with van der Waals surface area (Å²) in [7, 11) is 1.99.